The van der Waals surface area contributed by atoms with Crippen LogP contribution in [0.5, 0.6) is 0 Å². The number of hydrogen-bond acceptors (Lipinski definition) is 3. The molecule has 0 bridgehead atoms. The quantitative estimate of drug-likeness (QED) is 0.255. The summed E-state index contributed by atoms with van der Waals surface area (Å²) in [6.07, 6.45) is 0.257. The Labute approximate surface area is 71.0 Å². The van der Waals surface area contributed by atoms with Crippen LogP contribution in [0, 0.1) is 5.41 Å². The Hall–Kier alpha value is -1.46. The number of amides is 1. The third-order valence-corrected chi connectivity index (χ3v) is 1.12. The second-order valence-electron chi connectivity index (χ2n) is 2.11. The van der Waals surface area contributed by atoms with Gasteiger partial charge in [-0.25, -0.2) is 4.79 Å². The van der Waals surface area contributed by atoms with Gasteiger partial charge in [-0.3, -0.25) is 5.41 Å². The predicted molar refractivity (Wildman–Crippen MR) is 44.9 cm³/mol. The lowest BCUT2D eigenvalue weighted by Gasteiger charge is -2.04. The van der Waals surface area contributed by atoms with Gasteiger partial charge in [0.05, 0.1) is 7.11 Å². The van der Waals surface area contributed by atoms with Gasteiger partial charge >= 0.3 is 6.09 Å². The fourth-order valence-electron chi connectivity index (χ4n) is 0.574. The molecule has 1 amide bonds. The Morgan fingerprint density at radius 3 is 2.58 bits per heavy atom. The molecule has 0 spiro atoms. The monoisotopic (exact) mass is 174 g/mol. The number of hydrogen-bond donors (Lipinski definition) is 4. The molecule has 0 saturated heterocycles. The van der Waals surface area contributed by atoms with Crippen LogP contribution in [0.4, 0.5) is 4.79 Å². The summed E-state index contributed by atoms with van der Waals surface area (Å²) in [5.41, 5.74) is 5.02. The van der Waals surface area contributed by atoms with Gasteiger partial charge in [-0.15, -0.1) is 0 Å². The third-order valence-electron chi connectivity index (χ3n) is 1.12. The summed E-state index contributed by atoms with van der Waals surface area (Å²) in [5, 5.41) is 11.9. The fourth-order valence-corrected chi connectivity index (χ4v) is 0.574. The average Bonchev–Trinajstić information content (AvgIpc) is 2.03. The number of ether oxygens (including phenoxy) is 1. The molecule has 0 heterocycles. The summed E-state index contributed by atoms with van der Waals surface area (Å²) in [5.74, 6) is -0.0620. The molecule has 0 atom stereocenters. The van der Waals surface area contributed by atoms with Crippen LogP contribution in [0.1, 0.15) is 6.42 Å². The summed E-state index contributed by atoms with van der Waals surface area (Å²) >= 11 is 0. The van der Waals surface area contributed by atoms with Gasteiger partial charge in [0.15, 0.2) is 5.96 Å². The Balaban J connectivity index is 3.11. The first-order valence-corrected chi connectivity index (χ1v) is 3.56. The van der Waals surface area contributed by atoms with Crippen molar-refractivity contribution in [3.05, 3.63) is 0 Å². The minimum atomic E-state index is -0.446. The van der Waals surface area contributed by atoms with E-state index in [-0.39, 0.29) is 5.96 Å². The highest BCUT2D eigenvalue weighted by Crippen LogP contribution is 1.75. The molecule has 0 aromatic heterocycles. The number of methoxy groups -OCH3 is 1. The average molecular weight is 174 g/mol. The molecule has 12 heavy (non-hydrogen) atoms. The number of nitrogens with two attached hydrogens (primary N) is 1. The number of carbonyl (C=O) groups is 1. The third kappa shape index (κ3) is 6.66. The van der Waals surface area contributed by atoms with Gasteiger partial charge in [-0.1, -0.05) is 0 Å². The van der Waals surface area contributed by atoms with E-state index in [2.05, 4.69) is 15.4 Å². The lowest BCUT2D eigenvalue weighted by Crippen LogP contribution is -2.33. The molecule has 0 aliphatic rings. The highest BCUT2D eigenvalue weighted by molar-refractivity contribution is 5.74. The van der Waals surface area contributed by atoms with E-state index in [0.717, 1.165) is 0 Å². The first kappa shape index (κ1) is 10.5. The van der Waals surface area contributed by atoms with Gasteiger partial charge in [0.1, 0.15) is 0 Å². The van der Waals surface area contributed by atoms with Gasteiger partial charge in [-0.2, -0.15) is 0 Å². The smallest absolute Gasteiger partial charge is 0.406 e. The lowest BCUT2D eigenvalue weighted by molar-refractivity contribution is 0.171. The van der Waals surface area contributed by atoms with Crippen molar-refractivity contribution >= 4 is 12.1 Å². The molecule has 0 aromatic carbocycles. The van der Waals surface area contributed by atoms with Crippen molar-refractivity contribution in [1.82, 2.24) is 10.6 Å². The first-order valence-electron chi connectivity index (χ1n) is 3.56. The summed E-state index contributed by atoms with van der Waals surface area (Å²) < 4.78 is 4.34. The molecule has 0 radical (unpaired) electrons. The number of alkyl carbamates (subject to hydrolysis) is 1. The highest BCUT2D eigenvalue weighted by Gasteiger charge is 1.95. The summed E-state index contributed by atoms with van der Waals surface area (Å²) in [4.78, 5) is 10.5. The number of nitrogens with one attached hydrogen (secondary N) is 3. The minimum absolute atomic E-state index is 0.0620. The Morgan fingerprint density at radius 1 is 1.50 bits per heavy atom. The van der Waals surface area contributed by atoms with Crippen LogP contribution < -0.4 is 16.4 Å². The summed E-state index contributed by atoms with van der Waals surface area (Å²) in [6.45, 7) is 1.08. The van der Waals surface area contributed by atoms with E-state index in [4.69, 9.17) is 11.1 Å². The predicted octanol–water partition coefficient (Wildman–Crippen LogP) is -0.784. The maximum atomic E-state index is 10.5. The van der Waals surface area contributed by atoms with Crippen LogP contribution in [0.3, 0.4) is 0 Å². The van der Waals surface area contributed by atoms with Gasteiger partial charge in [0, 0.05) is 13.1 Å². The van der Waals surface area contributed by atoms with E-state index >= 15 is 0 Å². The zero-order valence-electron chi connectivity index (χ0n) is 7.02. The summed E-state index contributed by atoms with van der Waals surface area (Å²) in [6, 6.07) is 0. The maximum Gasteiger partial charge on any atom is 0.406 e. The van der Waals surface area contributed by atoms with Crippen molar-refractivity contribution in [3.8, 4) is 0 Å². The lowest BCUT2D eigenvalue weighted by atomic mass is 10.4. The van der Waals surface area contributed by atoms with Gasteiger partial charge in [0.25, 0.3) is 0 Å². The van der Waals surface area contributed by atoms with Crippen LogP contribution in [-0.2, 0) is 4.74 Å². The molecule has 0 fully saturated rings. The normalized spacial score (nSPS) is 8.75. The van der Waals surface area contributed by atoms with E-state index in [9.17, 15) is 4.79 Å². The zero-order valence-corrected chi connectivity index (χ0v) is 7.02. The molecule has 0 saturated carbocycles. The minimum Gasteiger partial charge on any atom is -0.453 e. The van der Waals surface area contributed by atoms with Crippen molar-refractivity contribution in [1.29, 1.82) is 5.41 Å². The molecule has 0 aromatic rings. The number of rotatable bonds is 4. The van der Waals surface area contributed by atoms with Gasteiger partial charge in [-0.05, 0) is 6.42 Å². The van der Waals surface area contributed by atoms with Crippen LogP contribution in [0.15, 0.2) is 0 Å². The van der Waals surface area contributed by atoms with E-state index in [1.807, 2.05) is 0 Å². The molecular weight excluding hydrogens is 160 g/mol. The van der Waals surface area contributed by atoms with Crippen LogP contribution in [0.25, 0.3) is 0 Å². The molecule has 0 aliphatic heterocycles. The van der Waals surface area contributed by atoms with Crippen LogP contribution in [-0.4, -0.2) is 32.3 Å². The van der Waals surface area contributed by atoms with E-state index < -0.39 is 6.09 Å². The van der Waals surface area contributed by atoms with Crippen molar-refractivity contribution in [3.63, 3.8) is 0 Å². The second-order valence-corrected chi connectivity index (χ2v) is 2.11. The zero-order chi connectivity index (χ0) is 9.40. The van der Waals surface area contributed by atoms with Crippen molar-refractivity contribution in [2.24, 2.45) is 5.73 Å². The fraction of sp³-hybridized carbons (Fsp3) is 0.667. The molecule has 0 rings (SSSR count). The van der Waals surface area contributed by atoms with E-state index in [0.29, 0.717) is 19.5 Å². The topological polar surface area (TPSA) is 100 Å². The molecule has 5 N–H and O–H groups in total. The SMILES string of the molecule is COC(=O)NCCCNC(=N)N. The molecule has 0 unspecified atom stereocenters. The summed E-state index contributed by atoms with van der Waals surface area (Å²) in [7, 11) is 1.31. The molecule has 6 heteroatoms. The number of carbonyl (C=O) groups excluding carboxylic acids is 1. The number of guanidine groups is 1. The van der Waals surface area contributed by atoms with Crippen molar-refractivity contribution in [2.75, 3.05) is 20.2 Å². The van der Waals surface area contributed by atoms with Gasteiger partial charge < -0.3 is 21.1 Å². The van der Waals surface area contributed by atoms with E-state index in [1.54, 1.807) is 0 Å². The Kier molecular flexibility index (Phi) is 5.50. The maximum absolute atomic E-state index is 10.5. The van der Waals surface area contributed by atoms with Crippen LogP contribution >= 0.6 is 0 Å². The Bertz CT molecular complexity index is 160. The largest absolute Gasteiger partial charge is 0.453 e. The van der Waals surface area contributed by atoms with E-state index in [1.165, 1.54) is 7.11 Å². The molecule has 70 valence electrons. The van der Waals surface area contributed by atoms with Crippen molar-refractivity contribution in [2.45, 2.75) is 6.42 Å². The van der Waals surface area contributed by atoms with Crippen LogP contribution in [0.2, 0.25) is 0 Å². The molecule has 6 nitrogen and oxygen atoms in total. The standard InChI is InChI=1S/C6H14N4O2/c1-12-6(11)10-4-2-3-9-5(7)8/h2-4H2,1H3,(H,10,11)(H4,7,8,9). The first-order chi connectivity index (χ1) is 5.66. The molecular formula is C6H14N4O2. The molecule has 0 aliphatic carbocycles. The van der Waals surface area contributed by atoms with Gasteiger partial charge in [0.2, 0.25) is 0 Å². The Morgan fingerprint density at radius 2 is 2.08 bits per heavy atom. The highest BCUT2D eigenvalue weighted by atomic mass is 16.5. The van der Waals surface area contributed by atoms with Crippen molar-refractivity contribution < 1.29 is 9.53 Å². The second kappa shape index (κ2) is 6.26.